The first-order valence-corrected chi connectivity index (χ1v) is 6.57. The Bertz CT molecular complexity index is 737. The highest BCUT2D eigenvalue weighted by molar-refractivity contribution is 5.94. The predicted molar refractivity (Wildman–Crippen MR) is 76.5 cm³/mol. The molecule has 0 bridgehead atoms. The van der Waals surface area contributed by atoms with Gasteiger partial charge in [-0.05, 0) is 47.4 Å². The van der Waals surface area contributed by atoms with Gasteiger partial charge in [-0.25, -0.2) is 4.79 Å². The summed E-state index contributed by atoms with van der Waals surface area (Å²) < 4.78 is 0. The van der Waals surface area contributed by atoms with Gasteiger partial charge in [0.2, 0.25) is 0 Å². The van der Waals surface area contributed by atoms with E-state index in [0.29, 0.717) is 17.4 Å². The van der Waals surface area contributed by atoms with Crippen molar-refractivity contribution in [1.82, 2.24) is 0 Å². The Morgan fingerprint density at radius 1 is 1.20 bits per heavy atom. The minimum atomic E-state index is -0.917. The molecule has 1 aliphatic rings. The Morgan fingerprint density at radius 3 is 2.65 bits per heavy atom. The molecule has 100 valence electrons. The van der Waals surface area contributed by atoms with Gasteiger partial charge in [-0.2, -0.15) is 0 Å². The van der Waals surface area contributed by atoms with Crippen LogP contribution in [-0.2, 0) is 0 Å². The molecular weight excluding hydrogens is 252 g/mol. The maximum Gasteiger partial charge on any atom is 0.335 e. The van der Waals surface area contributed by atoms with Gasteiger partial charge in [-0.15, -0.1) is 0 Å². The van der Waals surface area contributed by atoms with Crippen molar-refractivity contribution in [2.45, 2.75) is 6.42 Å². The van der Waals surface area contributed by atoms with E-state index in [-0.39, 0.29) is 6.61 Å². The predicted octanol–water partition coefficient (Wildman–Crippen LogP) is 2.52. The molecular formula is C17H14O3. The summed E-state index contributed by atoms with van der Waals surface area (Å²) in [6.45, 7) is 0.217. The lowest BCUT2D eigenvalue weighted by molar-refractivity contribution is 0.0697. The zero-order valence-corrected chi connectivity index (χ0v) is 10.8. The third kappa shape index (κ3) is 2.52. The largest absolute Gasteiger partial charge is 0.478 e. The lowest BCUT2D eigenvalue weighted by Crippen LogP contribution is -1.95. The molecule has 0 heterocycles. The van der Waals surface area contributed by atoms with Crippen molar-refractivity contribution in [2.24, 2.45) is 11.8 Å². The number of carboxylic acids is 1. The van der Waals surface area contributed by atoms with E-state index in [1.54, 1.807) is 18.2 Å². The van der Waals surface area contributed by atoms with Crippen molar-refractivity contribution in [3.8, 4) is 11.8 Å². The third-order valence-corrected chi connectivity index (χ3v) is 3.65. The highest BCUT2D eigenvalue weighted by Crippen LogP contribution is 2.37. The van der Waals surface area contributed by atoms with Gasteiger partial charge in [0, 0.05) is 18.1 Å². The maximum atomic E-state index is 10.9. The van der Waals surface area contributed by atoms with Crippen LogP contribution < -0.4 is 0 Å². The molecule has 2 aromatic carbocycles. The molecule has 0 spiro atoms. The Morgan fingerprint density at radius 2 is 1.95 bits per heavy atom. The second-order valence-corrected chi connectivity index (χ2v) is 5.14. The van der Waals surface area contributed by atoms with Crippen LogP contribution in [0.3, 0.4) is 0 Å². The number of benzene rings is 2. The first-order valence-electron chi connectivity index (χ1n) is 6.57. The van der Waals surface area contributed by atoms with Crippen LogP contribution >= 0.6 is 0 Å². The zero-order chi connectivity index (χ0) is 14.1. The Labute approximate surface area is 116 Å². The standard InChI is InChI=1S/C17H14O3/c18-10-16-9-14(16)4-2-11-1-3-13-8-15(17(19)20)6-5-12(13)7-11/h1,3,5-8,14,16,18H,9-10H2,(H,19,20)/t14-,16+/m0/s1. The molecule has 0 unspecified atom stereocenters. The van der Waals surface area contributed by atoms with E-state index in [1.807, 2.05) is 18.2 Å². The average molecular weight is 266 g/mol. The van der Waals surface area contributed by atoms with Gasteiger partial charge in [0.25, 0.3) is 0 Å². The molecule has 1 saturated carbocycles. The van der Waals surface area contributed by atoms with E-state index >= 15 is 0 Å². The lowest BCUT2D eigenvalue weighted by Gasteiger charge is -2.00. The summed E-state index contributed by atoms with van der Waals surface area (Å²) in [5.41, 5.74) is 1.21. The van der Waals surface area contributed by atoms with Gasteiger partial charge in [0.15, 0.2) is 0 Å². The number of hydrogen-bond donors (Lipinski definition) is 2. The van der Waals surface area contributed by atoms with E-state index in [4.69, 9.17) is 10.2 Å². The van der Waals surface area contributed by atoms with E-state index in [1.165, 1.54) is 0 Å². The summed E-state index contributed by atoms with van der Waals surface area (Å²) in [5.74, 6) is 6.04. The normalized spacial score (nSPS) is 20.2. The van der Waals surface area contributed by atoms with Crippen LogP contribution in [0.4, 0.5) is 0 Å². The van der Waals surface area contributed by atoms with Crippen molar-refractivity contribution >= 4 is 16.7 Å². The van der Waals surface area contributed by atoms with Crippen molar-refractivity contribution < 1.29 is 15.0 Å². The van der Waals surface area contributed by atoms with Crippen molar-refractivity contribution in [3.63, 3.8) is 0 Å². The summed E-state index contributed by atoms with van der Waals surface area (Å²) in [6, 6.07) is 10.8. The quantitative estimate of drug-likeness (QED) is 0.821. The average Bonchev–Trinajstić information content (AvgIpc) is 3.23. The number of carboxylic acid groups (broad SMARTS) is 1. The fraction of sp³-hybridized carbons (Fsp3) is 0.235. The first kappa shape index (κ1) is 12.7. The van der Waals surface area contributed by atoms with Gasteiger partial charge in [0.1, 0.15) is 0 Å². The van der Waals surface area contributed by atoms with Crippen molar-refractivity contribution in [2.75, 3.05) is 6.61 Å². The summed E-state index contributed by atoms with van der Waals surface area (Å²) in [6.07, 6.45) is 0.985. The monoisotopic (exact) mass is 266 g/mol. The van der Waals surface area contributed by atoms with E-state index < -0.39 is 5.97 Å². The molecule has 0 saturated heterocycles. The molecule has 3 nitrogen and oxygen atoms in total. The van der Waals surface area contributed by atoms with Crippen LogP contribution in [0, 0.1) is 23.7 Å². The minimum absolute atomic E-state index is 0.217. The lowest BCUT2D eigenvalue weighted by atomic mass is 10.0. The molecule has 2 aromatic rings. The smallest absolute Gasteiger partial charge is 0.335 e. The van der Waals surface area contributed by atoms with Crippen molar-refractivity contribution in [3.05, 3.63) is 47.5 Å². The van der Waals surface area contributed by atoms with Crippen LogP contribution in [0.1, 0.15) is 22.3 Å². The number of rotatable bonds is 2. The molecule has 3 heteroatoms. The number of aliphatic hydroxyl groups is 1. The molecule has 2 atom stereocenters. The molecule has 20 heavy (non-hydrogen) atoms. The third-order valence-electron chi connectivity index (χ3n) is 3.65. The Kier molecular flexibility index (Phi) is 3.17. The fourth-order valence-electron chi connectivity index (χ4n) is 2.26. The van der Waals surface area contributed by atoms with Crippen LogP contribution in [0.5, 0.6) is 0 Å². The van der Waals surface area contributed by atoms with Crippen molar-refractivity contribution in [1.29, 1.82) is 0 Å². The molecule has 0 radical (unpaired) electrons. The van der Waals surface area contributed by atoms with E-state index in [0.717, 1.165) is 22.8 Å². The van der Waals surface area contributed by atoms with Gasteiger partial charge < -0.3 is 10.2 Å². The highest BCUT2D eigenvalue weighted by Gasteiger charge is 2.34. The SMILES string of the molecule is O=C(O)c1ccc2cc(C#C[C@H]3C[C@@H]3CO)ccc2c1. The number of aliphatic hydroxyl groups excluding tert-OH is 1. The molecule has 0 amide bonds. The second-order valence-electron chi connectivity index (χ2n) is 5.14. The molecule has 3 rings (SSSR count). The second kappa shape index (κ2) is 4.99. The van der Waals surface area contributed by atoms with Gasteiger partial charge >= 0.3 is 5.97 Å². The molecule has 1 aliphatic carbocycles. The summed E-state index contributed by atoms with van der Waals surface area (Å²) in [5, 5.41) is 19.8. The van der Waals surface area contributed by atoms with Crippen LogP contribution in [0.25, 0.3) is 10.8 Å². The summed E-state index contributed by atoms with van der Waals surface area (Å²) in [7, 11) is 0. The number of carbonyl (C=O) groups is 1. The molecule has 2 N–H and O–H groups in total. The zero-order valence-electron chi connectivity index (χ0n) is 10.8. The maximum absolute atomic E-state index is 10.9. The minimum Gasteiger partial charge on any atom is -0.478 e. The number of hydrogen-bond acceptors (Lipinski definition) is 2. The van der Waals surface area contributed by atoms with Gasteiger partial charge in [-0.1, -0.05) is 24.0 Å². The highest BCUT2D eigenvalue weighted by atomic mass is 16.4. The number of aromatic carboxylic acids is 1. The van der Waals surface area contributed by atoms with Crippen LogP contribution in [0.2, 0.25) is 0 Å². The van der Waals surface area contributed by atoms with Crippen LogP contribution in [-0.4, -0.2) is 22.8 Å². The molecule has 1 fully saturated rings. The fourth-order valence-corrected chi connectivity index (χ4v) is 2.26. The van der Waals surface area contributed by atoms with E-state index in [9.17, 15) is 4.79 Å². The number of fused-ring (bicyclic) bond motifs is 1. The Hall–Kier alpha value is -2.31. The van der Waals surface area contributed by atoms with E-state index in [2.05, 4.69) is 11.8 Å². The Balaban J connectivity index is 1.88. The summed E-state index contributed by atoms with van der Waals surface area (Å²) in [4.78, 5) is 10.9. The topological polar surface area (TPSA) is 57.5 Å². The first-order chi connectivity index (χ1) is 9.67. The van der Waals surface area contributed by atoms with Gasteiger partial charge in [-0.3, -0.25) is 0 Å². The van der Waals surface area contributed by atoms with Gasteiger partial charge in [0.05, 0.1) is 5.56 Å². The molecule has 0 aliphatic heterocycles. The molecule has 0 aromatic heterocycles. The van der Waals surface area contributed by atoms with Crippen LogP contribution in [0.15, 0.2) is 36.4 Å². The summed E-state index contributed by atoms with van der Waals surface area (Å²) >= 11 is 0.